The molecule has 0 spiro atoms. The van der Waals surface area contributed by atoms with Crippen molar-refractivity contribution in [1.82, 2.24) is 19.7 Å². The van der Waals surface area contributed by atoms with E-state index in [2.05, 4.69) is 37.2 Å². The topological polar surface area (TPSA) is 77.7 Å². The number of carbonyl (C=O) groups excluding carboxylic acids is 2. The zero-order valence-electron chi connectivity index (χ0n) is 19.9. The zero-order valence-corrected chi connectivity index (χ0v) is 23.1. The number of halogens is 2. The van der Waals surface area contributed by atoms with Crippen LogP contribution in [0.5, 0.6) is 0 Å². The summed E-state index contributed by atoms with van der Waals surface area (Å²) in [4.78, 5) is 25.7. The second-order valence-electron chi connectivity index (χ2n) is 7.89. The van der Waals surface area contributed by atoms with Gasteiger partial charge in [0.25, 0.3) is 0 Å². The molecule has 0 aliphatic carbocycles. The monoisotopic (exact) mass is 546 g/mol. The molecule has 0 aliphatic rings. The number of benzene rings is 1. The van der Waals surface area contributed by atoms with Gasteiger partial charge in [0.15, 0.2) is 0 Å². The lowest BCUT2D eigenvalue weighted by atomic mass is 10.1. The summed E-state index contributed by atoms with van der Waals surface area (Å²) in [6.45, 7) is 10.5. The molecule has 35 heavy (non-hydrogen) atoms. The van der Waals surface area contributed by atoms with Crippen LogP contribution in [0.2, 0.25) is 10.0 Å². The fourth-order valence-corrected chi connectivity index (χ4v) is 6.16. The molecule has 0 aliphatic heterocycles. The van der Waals surface area contributed by atoms with Crippen LogP contribution >= 0.6 is 46.3 Å². The van der Waals surface area contributed by atoms with Gasteiger partial charge in [-0.05, 0) is 57.0 Å². The standard InChI is InChI=1S/C24H24Cl2N4S2.CO2/c1-6-15(4)31-23-22(17-7-8-20(25)21(26)11-17)28-24(32-23)30-12-19(16(5)29-30)18-9-13(2)27-14(3)10-18;2-1-3/h7-12,15H,6H2,1-5H3;. The quantitative estimate of drug-likeness (QED) is 0.231. The van der Waals surface area contributed by atoms with Crippen LogP contribution in [0.25, 0.3) is 27.5 Å². The lowest BCUT2D eigenvalue weighted by molar-refractivity contribution is -0.191. The fourth-order valence-electron chi connectivity index (χ4n) is 3.40. The highest BCUT2D eigenvalue weighted by Crippen LogP contribution is 2.41. The number of rotatable bonds is 6. The molecule has 0 amide bonds. The van der Waals surface area contributed by atoms with Crippen LogP contribution in [-0.2, 0) is 9.59 Å². The van der Waals surface area contributed by atoms with Crippen molar-refractivity contribution in [2.24, 2.45) is 0 Å². The van der Waals surface area contributed by atoms with Gasteiger partial charge in [0.1, 0.15) is 0 Å². The van der Waals surface area contributed by atoms with E-state index in [0.717, 1.165) is 55.2 Å². The van der Waals surface area contributed by atoms with Gasteiger partial charge in [0.2, 0.25) is 5.13 Å². The van der Waals surface area contributed by atoms with Crippen LogP contribution in [0.4, 0.5) is 0 Å². The Labute approximate surface area is 222 Å². The zero-order chi connectivity index (χ0) is 25.7. The smallest absolute Gasteiger partial charge is 0.258 e. The van der Waals surface area contributed by atoms with Gasteiger partial charge in [-0.25, -0.2) is 9.67 Å². The van der Waals surface area contributed by atoms with Gasteiger partial charge >= 0.3 is 6.15 Å². The Hall–Kier alpha value is -2.48. The highest BCUT2D eigenvalue weighted by Gasteiger charge is 2.19. The number of hydrogen-bond donors (Lipinski definition) is 0. The van der Waals surface area contributed by atoms with E-state index >= 15 is 0 Å². The molecule has 3 aromatic heterocycles. The highest BCUT2D eigenvalue weighted by molar-refractivity contribution is 8.01. The minimum atomic E-state index is 0.250. The second kappa shape index (κ2) is 12.0. The van der Waals surface area contributed by atoms with Crippen molar-refractivity contribution < 1.29 is 9.59 Å². The van der Waals surface area contributed by atoms with E-state index in [1.54, 1.807) is 11.3 Å². The molecule has 0 saturated carbocycles. The number of thiazole rings is 1. The summed E-state index contributed by atoms with van der Waals surface area (Å²) in [7, 11) is 0. The SMILES string of the molecule is CCC(C)Sc1sc(-n2cc(-c3cc(C)nc(C)c3)c(C)n2)nc1-c1ccc(Cl)c(Cl)c1.O=C=O. The van der Waals surface area contributed by atoms with Gasteiger partial charge in [-0.15, -0.1) is 11.8 Å². The maximum atomic E-state index is 8.12. The second-order valence-corrected chi connectivity index (χ2v) is 11.4. The lowest BCUT2D eigenvalue weighted by Crippen LogP contribution is -1.94. The number of thioether (sulfide) groups is 1. The molecule has 1 aromatic carbocycles. The van der Waals surface area contributed by atoms with Gasteiger partial charge in [-0.3, -0.25) is 4.98 Å². The first kappa shape index (κ1) is 27.1. The van der Waals surface area contributed by atoms with E-state index in [1.165, 1.54) is 0 Å². The molecule has 0 radical (unpaired) electrons. The van der Waals surface area contributed by atoms with E-state index in [-0.39, 0.29) is 6.15 Å². The number of hydrogen-bond acceptors (Lipinski definition) is 7. The molecule has 0 N–H and O–H groups in total. The first-order valence-corrected chi connectivity index (χ1v) is 13.3. The Morgan fingerprint density at radius 2 is 1.69 bits per heavy atom. The van der Waals surface area contributed by atoms with Crippen LogP contribution in [-0.4, -0.2) is 31.1 Å². The normalized spacial score (nSPS) is 11.5. The molecule has 10 heteroatoms. The van der Waals surface area contributed by atoms with Crippen molar-refractivity contribution in [2.75, 3.05) is 0 Å². The van der Waals surface area contributed by atoms with Crippen molar-refractivity contribution in [1.29, 1.82) is 0 Å². The van der Waals surface area contributed by atoms with Gasteiger partial charge < -0.3 is 0 Å². The van der Waals surface area contributed by atoms with Crippen LogP contribution in [0.15, 0.2) is 40.7 Å². The summed E-state index contributed by atoms with van der Waals surface area (Å²) in [6, 6.07) is 9.85. The van der Waals surface area contributed by atoms with Crippen molar-refractivity contribution in [3.8, 4) is 27.5 Å². The summed E-state index contributed by atoms with van der Waals surface area (Å²) in [5, 5.41) is 7.15. The van der Waals surface area contributed by atoms with Gasteiger partial charge in [0, 0.05) is 34.0 Å². The number of aryl methyl sites for hydroxylation is 3. The van der Waals surface area contributed by atoms with Gasteiger partial charge in [-0.2, -0.15) is 14.7 Å². The van der Waals surface area contributed by atoms with Crippen molar-refractivity contribution in [3.63, 3.8) is 0 Å². The summed E-state index contributed by atoms with van der Waals surface area (Å²) >= 11 is 15.9. The Balaban J connectivity index is 0.00000108. The lowest BCUT2D eigenvalue weighted by Gasteiger charge is -2.08. The van der Waals surface area contributed by atoms with Crippen molar-refractivity contribution in [2.45, 2.75) is 50.5 Å². The van der Waals surface area contributed by atoms with Crippen LogP contribution in [0.1, 0.15) is 37.4 Å². The number of nitrogens with zero attached hydrogens (tertiary/aromatic N) is 4. The third kappa shape index (κ3) is 6.60. The molecule has 0 fully saturated rings. The molecule has 182 valence electrons. The molecule has 4 aromatic rings. The molecular weight excluding hydrogens is 523 g/mol. The Bertz CT molecular complexity index is 1360. The van der Waals surface area contributed by atoms with E-state index in [9.17, 15) is 0 Å². The molecule has 1 unspecified atom stereocenters. The minimum Gasteiger partial charge on any atom is -0.258 e. The van der Waals surface area contributed by atoms with E-state index in [4.69, 9.17) is 42.9 Å². The maximum Gasteiger partial charge on any atom is 0.373 e. The largest absolute Gasteiger partial charge is 0.373 e. The molecule has 0 bridgehead atoms. The third-order valence-electron chi connectivity index (χ3n) is 5.15. The average Bonchev–Trinajstić information content (AvgIpc) is 3.39. The average molecular weight is 548 g/mol. The molecule has 0 saturated heterocycles. The van der Waals surface area contributed by atoms with Gasteiger partial charge in [-0.1, -0.05) is 54.5 Å². The van der Waals surface area contributed by atoms with Crippen molar-refractivity contribution in [3.05, 3.63) is 63.7 Å². The summed E-state index contributed by atoms with van der Waals surface area (Å²) in [5.74, 6) is 0. The minimum absolute atomic E-state index is 0.250. The molecular formula is C25H24Cl2N4O2S2. The van der Waals surface area contributed by atoms with E-state index < -0.39 is 0 Å². The number of pyridine rings is 1. The van der Waals surface area contributed by atoms with Crippen molar-refractivity contribution >= 4 is 52.5 Å². The molecule has 6 nitrogen and oxygen atoms in total. The van der Waals surface area contributed by atoms with E-state index in [0.29, 0.717) is 15.3 Å². The Morgan fingerprint density at radius 3 is 2.29 bits per heavy atom. The highest BCUT2D eigenvalue weighted by atomic mass is 35.5. The predicted octanol–water partition coefficient (Wildman–Crippen LogP) is 7.60. The van der Waals surface area contributed by atoms with Crippen LogP contribution in [0.3, 0.4) is 0 Å². The van der Waals surface area contributed by atoms with E-state index in [1.807, 2.05) is 55.4 Å². The molecule has 4 rings (SSSR count). The number of aromatic nitrogens is 4. The van der Waals surface area contributed by atoms with Gasteiger partial charge in [0.05, 0.1) is 25.6 Å². The Morgan fingerprint density at radius 1 is 1.03 bits per heavy atom. The Kier molecular flexibility index (Phi) is 9.27. The molecule has 1 atom stereocenters. The summed E-state index contributed by atoms with van der Waals surface area (Å²) < 4.78 is 3.03. The van der Waals surface area contributed by atoms with Crippen LogP contribution in [0, 0.1) is 20.8 Å². The molecule has 3 heterocycles. The summed E-state index contributed by atoms with van der Waals surface area (Å²) in [5.41, 5.74) is 7.02. The first-order valence-electron chi connectivity index (χ1n) is 10.8. The fraction of sp³-hybridized carbons (Fsp3) is 0.280. The van der Waals surface area contributed by atoms with Crippen LogP contribution < -0.4 is 0 Å². The predicted molar refractivity (Wildman–Crippen MR) is 143 cm³/mol. The first-order chi connectivity index (χ1) is 16.7. The third-order valence-corrected chi connectivity index (χ3v) is 8.41. The summed E-state index contributed by atoms with van der Waals surface area (Å²) in [6.07, 6.45) is 3.38. The maximum absolute atomic E-state index is 8.12.